The maximum absolute atomic E-state index is 12.3. The van der Waals surface area contributed by atoms with E-state index in [1.807, 2.05) is 36.9 Å². The normalized spacial score (nSPS) is 13.3. The van der Waals surface area contributed by atoms with Crippen LogP contribution in [0.1, 0.15) is 54.0 Å². The van der Waals surface area contributed by atoms with Crippen LogP contribution < -0.4 is 5.32 Å². The van der Waals surface area contributed by atoms with Crippen molar-refractivity contribution in [2.24, 2.45) is 5.92 Å². The van der Waals surface area contributed by atoms with E-state index in [2.05, 4.69) is 10.3 Å². The Bertz CT molecular complexity index is 861. The van der Waals surface area contributed by atoms with Gasteiger partial charge in [0.2, 0.25) is 11.8 Å². The number of anilines is 1. The highest BCUT2D eigenvalue weighted by molar-refractivity contribution is 7.15. The predicted octanol–water partition coefficient (Wildman–Crippen LogP) is 3.68. The van der Waals surface area contributed by atoms with Crippen molar-refractivity contribution >= 4 is 34.1 Å². The summed E-state index contributed by atoms with van der Waals surface area (Å²) in [5.74, 6) is 0.236. The number of rotatable bonds is 7. The Kier molecular flexibility index (Phi) is 6.57. The van der Waals surface area contributed by atoms with Gasteiger partial charge < -0.3 is 10.2 Å². The zero-order valence-corrected chi connectivity index (χ0v) is 17.1. The molecule has 0 radical (unpaired) electrons. The number of Topliss-reactive ketones (excluding diaryl/α,β-unsaturated/α-hetero) is 1. The van der Waals surface area contributed by atoms with Gasteiger partial charge >= 0.3 is 0 Å². The van der Waals surface area contributed by atoms with E-state index in [4.69, 9.17) is 0 Å². The van der Waals surface area contributed by atoms with Crippen LogP contribution in [0.2, 0.25) is 0 Å². The van der Waals surface area contributed by atoms with E-state index in [-0.39, 0.29) is 30.4 Å². The van der Waals surface area contributed by atoms with Gasteiger partial charge in [0.1, 0.15) is 0 Å². The molecule has 1 aromatic carbocycles. The number of nitrogens with one attached hydrogen (secondary N) is 1. The van der Waals surface area contributed by atoms with Crippen LogP contribution in [-0.2, 0) is 22.6 Å². The molecular weight excluding hydrogens is 374 g/mol. The van der Waals surface area contributed by atoms with Crippen molar-refractivity contribution in [3.63, 3.8) is 0 Å². The van der Waals surface area contributed by atoms with Crippen LogP contribution in [0.15, 0.2) is 30.3 Å². The van der Waals surface area contributed by atoms with Crippen molar-refractivity contribution in [2.45, 2.75) is 46.1 Å². The van der Waals surface area contributed by atoms with Gasteiger partial charge in [-0.25, -0.2) is 4.98 Å². The molecule has 0 unspecified atom stereocenters. The van der Waals surface area contributed by atoms with Gasteiger partial charge in [0, 0.05) is 42.7 Å². The number of benzene rings is 1. The first kappa shape index (κ1) is 20.2. The topological polar surface area (TPSA) is 79.4 Å². The fourth-order valence-electron chi connectivity index (χ4n) is 3.12. The van der Waals surface area contributed by atoms with E-state index < -0.39 is 0 Å². The molecule has 1 N–H and O–H groups in total. The number of carbonyl (C=O) groups excluding carboxylic acids is 3. The molecule has 0 aliphatic carbocycles. The van der Waals surface area contributed by atoms with Crippen molar-refractivity contribution in [1.82, 2.24) is 9.88 Å². The van der Waals surface area contributed by atoms with E-state index in [0.717, 1.165) is 10.6 Å². The molecule has 1 aromatic heterocycles. The Balaban J connectivity index is 1.52. The summed E-state index contributed by atoms with van der Waals surface area (Å²) in [6.45, 7) is 5.30. The minimum Gasteiger partial charge on any atom is -0.337 e. The number of aromatic nitrogens is 1. The number of hydrogen-bond acceptors (Lipinski definition) is 5. The Labute approximate surface area is 169 Å². The van der Waals surface area contributed by atoms with Gasteiger partial charge in [0.05, 0.1) is 12.2 Å². The quantitative estimate of drug-likeness (QED) is 0.721. The Hall–Kier alpha value is -2.54. The lowest BCUT2D eigenvalue weighted by molar-refractivity contribution is -0.132. The first-order chi connectivity index (χ1) is 13.4. The van der Waals surface area contributed by atoms with E-state index in [0.29, 0.717) is 42.5 Å². The second kappa shape index (κ2) is 9.10. The number of thiazole rings is 1. The van der Waals surface area contributed by atoms with Crippen LogP contribution in [0.4, 0.5) is 5.13 Å². The number of carbonyl (C=O) groups is 3. The van der Waals surface area contributed by atoms with Gasteiger partial charge in [0.15, 0.2) is 10.9 Å². The van der Waals surface area contributed by atoms with Gasteiger partial charge in [-0.1, -0.05) is 55.5 Å². The molecule has 28 heavy (non-hydrogen) atoms. The standard InChI is InChI=1S/C21H25N3O3S/c1-14(2)12-20(27)24-11-10-16-18(13-24)28-21(22-16)23-19(26)9-8-17(25)15-6-4-3-5-7-15/h3-7,14H,8-13H2,1-2H3,(H,22,23,26). The smallest absolute Gasteiger partial charge is 0.226 e. The Morgan fingerprint density at radius 2 is 1.93 bits per heavy atom. The summed E-state index contributed by atoms with van der Waals surface area (Å²) in [4.78, 5) is 44.0. The number of hydrogen-bond donors (Lipinski definition) is 1. The van der Waals surface area contributed by atoms with Crippen LogP contribution in [0.5, 0.6) is 0 Å². The van der Waals surface area contributed by atoms with Crippen LogP contribution >= 0.6 is 11.3 Å². The molecule has 2 heterocycles. The summed E-state index contributed by atoms with van der Waals surface area (Å²) in [5.41, 5.74) is 1.57. The number of ketones is 1. The molecule has 0 atom stereocenters. The van der Waals surface area contributed by atoms with Gasteiger partial charge in [-0.15, -0.1) is 0 Å². The lowest BCUT2D eigenvalue weighted by Gasteiger charge is -2.26. The molecule has 3 rings (SSSR count). The largest absolute Gasteiger partial charge is 0.337 e. The molecule has 6 nitrogen and oxygen atoms in total. The first-order valence-electron chi connectivity index (χ1n) is 9.57. The molecule has 1 aliphatic heterocycles. The van der Waals surface area contributed by atoms with Crippen molar-refractivity contribution in [2.75, 3.05) is 11.9 Å². The molecule has 2 amide bonds. The molecule has 2 aromatic rings. The molecule has 7 heteroatoms. The lowest BCUT2D eigenvalue weighted by atomic mass is 10.1. The van der Waals surface area contributed by atoms with Crippen LogP contribution in [0.25, 0.3) is 0 Å². The van der Waals surface area contributed by atoms with Gasteiger partial charge in [-0.05, 0) is 5.92 Å². The third-order valence-electron chi connectivity index (χ3n) is 4.59. The van der Waals surface area contributed by atoms with Gasteiger partial charge in [0.25, 0.3) is 0 Å². The lowest BCUT2D eigenvalue weighted by Crippen LogP contribution is -2.36. The summed E-state index contributed by atoms with van der Waals surface area (Å²) in [6, 6.07) is 8.97. The second-order valence-electron chi connectivity index (χ2n) is 7.39. The number of fused-ring (bicyclic) bond motifs is 1. The zero-order valence-electron chi connectivity index (χ0n) is 16.2. The summed E-state index contributed by atoms with van der Waals surface area (Å²) in [7, 11) is 0. The average Bonchev–Trinajstić information content (AvgIpc) is 3.07. The van der Waals surface area contributed by atoms with E-state index >= 15 is 0 Å². The Morgan fingerprint density at radius 3 is 2.64 bits per heavy atom. The highest BCUT2D eigenvalue weighted by atomic mass is 32.1. The summed E-state index contributed by atoms with van der Waals surface area (Å²) in [5, 5.41) is 3.34. The van der Waals surface area contributed by atoms with Gasteiger partial charge in [-0.3, -0.25) is 14.4 Å². The molecular formula is C21H25N3O3S. The highest BCUT2D eigenvalue weighted by Crippen LogP contribution is 2.29. The molecule has 0 fully saturated rings. The number of amides is 2. The second-order valence-corrected chi connectivity index (χ2v) is 8.47. The maximum atomic E-state index is 12.3. The molecule has 0 spiro atoms. The summed E-state index contributed by atoms with van der Waals surface area (Å²) < 4.78 is 0. The first-order valence-corrected chi connectivity index (χ1v) is 10.4. The van der Waals surface area contributed by atoms with E-state index in [1.54, 1.807) is 12.1 Å². The third-order valence-corrected chi connectivity index (χ3v) is 5.59. The monoisotopic (exact) mass is 399 g/mol. The van der Waals surface area contributed by atoms with Crippen molar-refractivity contribution < 1.29 is 14.4 Å². The minimum absolute atomic E-state index is 0.0477. The molecule has 0 bridgehead atoms. The fraction of sp³-hybridized carbons (Fsp3) is 0.429. The van der Waals surface area contributed by atoms with Crippen molar-refractivity contribution in [1.29, 1.82) is 0 Å². The molecule has 1 aliphatic rings. The predicted molar refractivity (Wildman–Crippen MR) is 109 cm³/mol. The SMILES string of the molecule is CC(C)CC(=O)N1CCc2nc(NC(=O)CCC(=O)c3ccccc3)sc2C1. The zero-order chi connectivity index (χ0) is 20.1. The molecule has 0 saturated carbocycles. The van der Waals surface area contributed by atoms with Crippen LogP contribution in [0, 0.1) is 5.92 Å². The minimum atomic E-state index is -0.219. The average molecular weight is 400 g/mol. The van der Waals surface area contributed by atoms with E-state index in [1.165, 1.54) is 11.3 Å². The maximum Gasteiger partial charge on any atom is 0.226 e. The fourth-order valence-corrected chi connectivity index (χ4v) is 4.16. The third kappa shape index (κ3) is 5.25. The van der Waals surface area contributed by atoms with Gasteiger partial charge in [-0.2, -0.15) is 0 Å². The van der Waals surface area contributed by atoms with Crippen LogP contribution in [-0.4, -0.2) is 34.0 Å². The summed E-state index contributed by atoms with van der Waals surface area (Å²) in [6.07, 6.45) is 1.54. The summed E-state index contributed by atoms with van der Waals surface area (Å²) >= 11 is 1.41. The number of nitrogens with zero attached hydrogens (tertiary/aromatic N) is 2. The highest BCUT2D eigenvalue weighted by Gasteiger charge is 2.24. The van der Waals surface area contributed by atoms with E-state index in [9.17, 15) is 14.4 Å². The molecule has 148 valence electrons. The van der Waals surface area contributed by atoms with Crippen molar-refractivity contribution in [3.05, 3.63) is 46.5 Å². The Morgan fingerprint density at radius 1 is 1.18 bits per heavy atom. The molecule has 0 saturated heterocycles. The van der Waals surface area contributed by atoms with Crippen LogP contribution in [0.3, 0.4) is 0 Å². The van der Waals surface area contributed by atoms with Crippen molar-refractivity contribution in [3.8, 4) is 0 Å².